The standard InChI is InChI=1S/C17H20O5/c1-4-13(2)22-17(19)7-5-6-10-21-15-9-8-14(12-18)11-16(15)20-3/h8-9,11-13H,4-5,7H2,1-3H3. The van der Waals surface area contributed by atoms with E-state index in [9.17, 15) is 9.59 Å². The highest BCUT2D eigenvalue weighted by molar-refractivity contribution is 5.76. The Labute approximate surface area is 130 Å². The molecule has 0 fully saturated rings. The molecule has 5 heteroatoms. The molecular weight excluding hydrogens is 284 g/mol. The van der Waals surface area contributed by atoms with Gasteiger partial charge in [0.2, 0.25) is 0 Å². The summed E-state index contributed by atoms with van der Waals surface area (Å²) in [4.78, 5) is 22.1. The molecule has 0 heterocycles. The fraction of sp³-hybridized carbons (Fsp3) is 0.412. The molecule has 0 amide bonds. The van der Waals surface area contributed by atoms with Gasteiger partial charge in [-0.15, -0.1) is 0 Å². The number of carbonyl (C=O) groups excluding carboxylic acids is 2. The van der Waals surface area contributed by atoms with Gasteiger partial charge in [0.15, 0.2) is 11.5 Å². The molecule has 0 spiro atoms. The number of hydrogen-bond acceptors (Lipinski definition) is 5. The van der Waals surface area contributed by atoms with Crippen molar-refractivity contribution in [3.05, 3.63) is 23.8 Å². The Morgan fingerprint density at radius 2 is 2.14 bits per heavy atom. The van der Waals surface area contributed by atoms with Crippen LogP contribution in [0.15, 0.2) is 18.2 Å². The quantitative estimate of drug-likeness (QED) is 0.440. The van der Waals surface area contributed by atoms with Crippen molar-refractivity contribution in [3.8, 4) is 23.5 Å². The fourth-order valence-electron chi connectivity index (χ4n) is 1.52. The van der Waals surface area contributed by atoms with Gasteiger partial charge in [-0.05, 0) is 31.5 Å². The highest BCUT2D eigenvalue weighted by Crippen LogP contribution is 2.27. The van der Waals surface area contributed by atoms with E-state index in [-0.39, 0.29) is 18.5 Å². The van der Waals surface area contributed by atoms with E-state index in [2.05, 4.69) is 12.0 Å². The minimum Gasteiger partial charge on any atom is -0.493 e. The number of rotatable bonds is 7. The second-order valence-electron chi connectivity index (χ2n) is 4.62. The summed E-state index contributed by atoms with van der Waals surface area (Å²) in [6.45, 7) is 3.80. The second kappa shape index (κ2) is 9.46. The summed E-state index contributed by atoms with van der Waals surface area (Å²) < 4.78 is 15.5. The van der Waals surface area contributed by atoms with Crippen LogP contribution in [0, 0.1) is 12.0 Å². The van der Waals surface area contributed by atoms with Gasteiger partial charge in [-0.1, -0.05) is 12.8 Å². The Bertz CT molecular complexity index is 568. The monoisotopic (exact) mass is 304 g/mol. The molecule has 1 aromatic carbocycles. The minimum absolute atomic E-state index is 0.0719. The molecule has 0 saturated carbocycles. The number of esters is 1. The van der Waals surface area contributed by atoms with Crippen LogP contribution < -0.4 is 9.47 Å². The molecular formula is C17H20O5. The second-order valence-corrected chi connectivity index (χ2v) is 4.62. The molecule has 0 radical (unpaired) electrons. The zero-order valence-electron chi connectivity index (χ0n) is 13.0. The molecule has 0 aromatic heterocycles. The number of carbonyl (C=O) groups is 2. The zero-order valence-corrected chi connectivity index (χ0v) is 13.0. The first kappa shape index (κ1) is 17.6. The molecule has 1 aromatic rings. The Morgan fingerprint density at radius 1 is 1.36 bits per heavy atom. The van der Waals surface area contributed by atoms with E-state index in [0.717, 1.165) is 12.7 Å². The van der Waals surface area contributed by atoms with Gasteiger partial charge < -0.3 is 14.2 Å². The van der Waals surface area contributed by atoms with Crippen LogP contribution in [0.3, 0.4) is 0 Å². The molecule has 118 valence electrons. The number of aldehydes is 1. The van der Waals surface area contributed by atoms with E-state index < -0.39 is 0 Å². The fourth-order valence-corrected chi connectivity index (χ4v) is 1.52. The van der Waals surface area contributed by atoms with Crippen molar-refractivity contribution in [3.63, 3.8) is 0 Å². The maximum absolute atomic E-state index is 11.4. The first-order valence-corrected chi connectivity index (χ1v) is 7.08. The van der Waals surface area contributed by atoms with Crippen molar-refractivity contribution < 1.29 is 23.8 Å². The summed E-state index contributed by atoms with van der Waals surface area (Å²) in [6, 6.07) is 4.78. The third-order valence-corrected chi connectivity index (χ3v) is 2.92. The van der Waals surface area contributed by atoms with Crippen LogP contribution in [0.4, 0.5) is 0 Å². The maximum atomic E-state index is 11.4. The van der Waals surface area contributed by atoms with Crippen LogP contribution in [-0.2, 0) is 9.53 Å². The molecule has 0 N–H and O–H groups in total. The Kier molecular flexibility index (Phi) is 7.55. The third kappa shape index (κ3) is 5.88. The average Bonchev–Trinajstić information content (AvgIpc) is 2.54. The third-order valence-electron chi connectivity index (χ3n) is 2.92. The van der Waals surface area contributed by atoms with E-state index >= 15 is 0 Å². The Hall–Kier alpha value is -2.48. The van der Waals surface area contributed by atoms with Crippen molar-refractivity contribution in [2.75, 3.05) is 7.11 Å². The first-order valence-electron chi connectivity index (χ1n) is 7.08. The molecule has 22 heavy (non-hydrogen) atoms. The lowest BCUT2D eigenvalue weighted by Crippen LogP contribution is -2.13. The smallest absolute Gasteiger partial charge is 0.307 e. The van der Waals surface area contributed by atoms with Crippen LogP contribution in [-0.4, -0.2) is 25.5 Å². The SMILES string of the molecule is CCC(C)OC(=O)CCC#COc1ccc(C=O)cc1OC. The lowest BCUT2D eigenvalue weighted by molar-refractivity contribution is -0.148. The topological polar surface area (TPSA) is 61.8 Å². The van der Waals surface area contributed by atoms with Gasteiger partial charge in [-0.25, -0.2) is 0 Å². The largest absolute Gasteiger partial charge is 0.493 e. The van der Waals surface area contributed by atoms with Gasteiger partial charge >= 0.3 is 5.97 Å². The summed E-state index contributed by atoms with van der Waals surface area (Å²) in [5.41, 5.74) is 0.491. The minimum atomic E-state index is -0.267. The number of hydrogen-bond donors (Lipinski definition) is 0. The summed E-state index contributed by atoms with van der Waals surface area (Å²) in [7, 11) is 1.48. The van der Waals surface area contributed by atoms with E-state index in [4.69, 9.17) is 14.2 Å². The number of benzene rings is 1. The van der Waals surface area contributed by atoms with Crippen molar-refractivity contribution in [2.45, 2.75) is 39.2 Å². The molecule has 5 nitrogen and oxygen atoms in total. The van der Waals surface area contributed by atoms with Crippen molar-refractivity contribution >= 4 is 12.3 Å². The van der Waals surface area contributed by atoms with E-state index in [1.807, 2.05) is 13.8 Å². The highest BCUT2D eigenvalue weighted by Gasteiger charge is 2.06. The van der Waals surface area contributed by atoms with Crippen LogP contribution in [0.2, 0.25) is 0 Å². The van der Waals surface area contributed by atoms with Gasteiger partial charge in [-0.2, -0.15) is 0 Å². The van der Waals surface area contributed by atoms with Gasteiger partial charge in [-0.3, -0.25) is 9.59 Å². The first-order chi connectivity index (χ1) is 10.6. The van der Waals surface area contributed by atoms with Gasteiger partial charge in [0.25, 0.3) is 0 Å². The Balaban J connectivity index is 2.47. The van der Waals surface area contributed by atoms with Crippen LogP contribution in [0.25, 0.3) is 0 Å². The summed E-state index contributed by atoms with van der Waals surface area (Å²) >= 11 is 0. The maximum Gasteiger partial charge on any atom is 0.307 e. The molecule has 1 rings (SSSR count). The van der Waals surface area contributed by atoms with Crippen LogP contribution in [0.5, 0.6) is 11.5 Å². The molecule has 0 aliphatic carbocycles. The predicted molar refractivity (Wildman–Crippen MR) is 81.9 cm³/mol. The molecule has 0 saturated heterocycles. The van der Waals surface area contributed by atoms with E-state index in [0.29, 0.717) is 23.5 Å². The molecule has 0 bridgehead atoms. The zero-order chi connectivity index (χ0) is 16.4. The lowest BCUT2D eigenvalue weighted by atomic mass is 10.2. The van der Waals surface area contributed by atoms with E-state index in [1.54, 1.807) is 18.2 Å². The summed E-state index contributed by atoms with van der Waals surface area (Å²) in [6.07, 6.45) is 4.53. The van der Waals surface area contributed by atoms with E-state index in [1.165, 1.54) is 7.11 Å². The normalized spacial score (nSPS) is 10.9. The van der Waals surface area contributed by atoms with Gasteiger partial charge in [0, 0.05) is 12.0 Å². The Morgan fingerprint density at radius 3 is 2.77 bits per heavy atom. The highest BCUT2D eigenvalue weighted by atomic mass is 16.5. The van der Waals surface area contributed by atoms with Crippen molar-refractivity contribution in [1.82, 2.24) is 0 Å². The predicted octanol–water partition coefficient (Wildman–Crippen LogP) is 2.97. The van der Waals surface area contributed by atoms with Gasteiger partial charge in [0.05, 0.1) is 19.6 Å². The number of methoxy groups -OCH3 is 1. The average molecular weight is 304 g/mol. The summed E-state index contributed by atoms with van der Waals surface area (Å²) in [5, 5.41) is 0. The molecule has 1 unspecified atom stereocenters. The van der Waals surface area contributed by atoms with Crippen LogP contribution >= 0.6 is 0 Å². The molecule has 1 atom stereocenters. The number of ether oxygens (including phenoxy) is 3. The summed E-state index contributed by atoms with van der Waals surface area (Å²) in [5.74, 6) is 3.32. The van der Waals surface area contributed by atoms with Gasteiger partial charge in [0.1, 0.15) is 12.4 Å². The molecule has 0 aliphatic heterocycles. The van der Waals surface area contributed by atoms with Crippen molar-refractivity contribution in [2.24, 2.45) is 0 Å². The van der Waals surface area contributed by atoms with Crippen molar-refractivity contribution in [1.29, 1.82) is 0 Å². The molecule has 0 aliphatic rings. The lowest BCUT2D eigenvalue weighted by Gasteiger charge is -2.09. The van der Waals surface area contributed by atoms with Crippen LogP contribution in [0.1, 0.15) is 43.5 Å².